The fraction of sp³-hybridized carbons (Fsp3) is 0.333. The summed E-state index contributed by atoms with van der Waals surface area (Å²) in [6.45, 7) is 3.86. The van der Waals surface area contributed by atoms with Gasteiger partial charge in [0.1, 0.15) is 0 Å². The number of nitrogens with one attached hydrogen (secondary N) is 2. The number of nitrogens with zero attached hydrogens (tertiary/aromatic N) is 2. The van der Waals surface area contributed by atoms with Crippen molar-refractivity contribution in [3.8, 4) is 0 Å². The van der Waals surface area contributed by atoms with E-state index in [1.165, 1.54) is 0 Å². The number of unbranched alkanes of at least 4 members (excludes halogenated alkanes) is 1. The Labute approximate surface area is 141 Å². The van der Waals surface area contributed by atoms with Crippen molar-refractivity contribution in [2.75, 3.05) is 15.8 Å². The maximum Gasteiger partial charge on any atom is 0.233 e. The van der Waals surface area contributed by atoms with Gasteiger partial charge >= 0.3 is 0 Å². The summed E-state index contributed by atoms with van der Waals surface area (Å²) < 4.78 is 26.0. The molecule has 0 unspecified atom stereocenters. The highest BCUT2D eigenvalue weighted by atomic mass is 35.5. The molecule has 0 spiro atoms. The van der Waals surface area contributed by atoms with E-state index in [9.17, 15) is 8.42 Å². The lowest BCUT2D eigenvalue weighted by Gasteiger charge is -2.08. The van der Waals surface area contributed by atoms with E-state index in [-0.39, 0.29) is 11.6 Å². The minimum Gasteiger partial charge on any atom is -0.339 e. The summed E-state index contributed by atoms with van der Waals surface area (Å²) in [4.78, 5) is 0. The van der Waals surface area contributed by atoms with Crippen LogP contribution in [0.4, 0.5) is 17.3 Å². The van der Waals surface area contributed by atoms with Crippen LogP contribution in [0.3, 0.4) is 0 Å². The molecule has 0 saturated carbocycles. The third-order valence-corrected chi connectivity index (χ3v) is 4.89. The summed E-state index contributed by atoms with van der Waals surface area (Å²) in [5.41, 5.74) is 1.77. The number of benzene rings is 1. The Morgan fingerprint density at radius 3 is 2.43 bits per heavy atom. The van der Waals surface area contributed by atoms with Crippen molar-refractivity contribution in [2.45, 2.75) is 26.7 Å². The van der Waals surface area contributed by atoms with Gasteiger partial charge in [0.15, 0.2) is 11.6 Å². The fourth-order valence-corrected chi connectivity index (χ4v) is 3.20. The molecule has 6 nitrogen and oxygen atoms in total. The lowest BCUT2D eigenvalue weighted by atomic mass is 10.2. The van der Waals surface area contributed by atoms with Gasteiger partial charge < -0.3 is 5.32 Å². The van der Waals surface area contributed by atoms with Crippen molar-refractivity contribution in [3.05, 3.63) is 40.9 Å². The van der Waals surface area contributed by atoms with E-state index in [0.29, 0.717) is 17.3 Å². The van der Waals surface area contributed by atoms with Gasteiger partial charge in [0.05, 0.1) is 5.75 Å². The van der Waals surface area contributed by atoms with Crippen molar-refractivity contribution >= 4 is 38.9 Å². The molecule has 1 aromatic heterocycles. The van der Waals surface area contributed by atoms with E-state index in [4.69, 9.17) is 11.6 Å². The fourth-order valence-electron chi connectivity index (χ4n) is 1.82. The summed E-state index contributed by atoms with van der Waals surface area (Å²) in [7, 11) is -3.37. The highest BCUT2D eigenvalue weighted by molar-refractivity contribution is 7.92. The minimum atomic E-state index is -3.37. The van der Waals surface area contributed by atoms with Gasteiger partial charge in [-0.15, -0.1) is 10.2 Å². The number of aryl methyl sites for hydroxylation is 1. The normalized spacial score (nSPS) is 11.3. The highest BCUT2D eigenvalue weighted by Crippen LogP contribution is 2.22. The minimum absolute atomic E-state index is 0.0764. The smallest absolute Gasteiger partial charge is 0.233 e. The first-order valence-corrected chi connectivity index (χ1v) is 9.30. The second-order valence-electron chi connectivity index (χ2n) is 5.17. The topological polar surface area (TPSA) is 84.0 Å². The first-order valence-electron chi connectivity index (χ1n) is 7.27. The van der Waals surface area contributed by atoms with Crippen LogP contribution >= 0.6 is 11.6 Å². The average molecular weight is 355 g/mol. The lowest BCUT2D eigenvalue weighted by molar-refractivity contribution is 0.597. The van der Waals surface area contributed by atoms with Crippen LogP contribution in [0.1, 0.15) is 25.3 Å². The zero-order valence-corrected chi connectivity index (χ0v) is 14.6. The quantitative estimate of drug-likeness (QED) is 0.791. The predicted molar refractivity (Wildman–Crippen MR) is 93.8 cm³/mol. The van der Waals surface area contributed by atoms with Crippen molar-refractivity contribution < 1.29 is 8.42 Å². The molecule has 2 rings (SSSR count). The molecular weight excluding hydrogens is 336 g/mol. The third kappa shape index (κ3) is 5.37. The molecule has 0 saturated heterocycles. The van der Waals surface area contributed by atoms with Crippen molar-refractivity contribution in [1.82, 2.24) is 10.2 Å². The van der Waals surface area contributed by atoms with E-state index in [0.717, 1.165) is 17.7 Å². The van der Waals surface area contributed by atoms with E-state index in [1.54, 1.807) is 18.2 Å². The molecule has 124 valence electrons. The number of aromatic nitrogens is 2. The third-order valence-electron chi connectivity index (χ3n) is 3.14. The van der Waals surface area contributed by atoms with Crippen molar-refractivity contribution in [1.29, 1.82) is 0 Å². The average Bonchev–Trinajstić information content (AvgIpc) is 2.51. The van der Waals surface area contributed by atoms with Gasteiger partial charge in [0, 0.05) is 10.7 Å². The molecule has 0 amide bonds. The molecule has 0 atom stereocenters. The van der Waals surface area contributed by atoms with E-state index >= 15 is 0 Å². The maximum absolute atomic E-state index is 11.8. The van der Waals surface area contributed by atoms with Gasteiger partial charge in [-0.25, -0.2) is 8.42 Å². The van der Waals surface area contributed by atoms with Crippen LogP contribution in [0.2, 0.25) is 5.02 Å². The first-order chi connectivity index (χ1) is 10.9. The second-order valence-corrected chi connectivity index (χ2v) is 7.42. The summed E-state index contributed by atoms with van der Waals surface area (Å²) in [6.07, 6.45) is 1.42. The van der Waals surface area contributed by atoms with Crippen LogP contribution in [0.5, 0.6) is 0 Å². The van der Waals surface area contributed by atoms with Gasteiger partial charge in [0.2, 0.25) is 10.0 Å². The highest BCUT2D eigenvalue weighted by Gasteiger charge is 2.10. The summed E-state index contributed by atoms with van der Waals surface area (Å²) in [5.74, 6) is 0.780. The molecule has 0 aliphatic heterocycles. The Balaban J connectivity index is 2.03. The van der Waals surface area contributed by atoms with E-state index < -0.39 is 10.0 Å². The molecule has 1 aromatic carbocycles. The number of anilines is 3. The molecule has 0 aliphatic carbocycles. The standard InChI is InChI=1S/C15H19ClN4O2S/c1-3-4-9-23(21,22)20-15-8-7-14(18-19-15)17-12-6-5-11(2)13(16)10-12/h5-8,10H,3-4,9H2,1-2H3,(H,17,18)(H,19,20). The number of hydrogen-bond acceptors (Lipinski definition) is 5. The Bertz CT molecular complexity index is 764. The number of halogens is 1. The van der Waals surface area contributed by atoms with Crippen LogP contribution in [-0.2, 0) is 10.0 Å². The van der Waals surface area contributed by atoms with Crippen molar-refractivity contribution in [2.24, 2.45) is 0 Å². The summed E-state index contributed by atoms with van der Waals surface area (Å²) in [5, 5.41) is 11.5. The van der Waals surface area contributed by atoms with Gasteiger partial charge in [-0.05, 0) is 43.2 Å². The molecule has 0 radical (unpaired) electrons. The predicted octanol–water partition coefficient (Wildman–Crippen LogP) is 3.72. The van der Waals surface area contributed by atoms with Crippen LogP contribution in [0.25, 0.3) is 0 Å². The van der Waals surface area contributed by atoms with Crippen molar-refractivity contribution in [3.63, 3.8) is 0 Å². The number of rotatable bonds is 7. The largest absolute Gasteiger partial charge is 0.339 e. The molecule has 2 N–H and O–H groups in total. The molecular formula is C15H19ClN4O2S. The van der Waals surface area contributed by atoms with Gasteiger partial charge in [-0.1, -0.05) is 31.0 Å². The van der Waals surface area contributed by atoms with Crippen LogP contribution < -0.4 is 10.0 Å². The Morgan fingerprint density at radius 2 is 1.83 bits per heavy atom. The zero-order valence-electron chi connectivity index (χ0n) is 13.0. The van der Waals surface area contributed by atoms with E-state index in [1.807, 2.05) is 26.0 Å². The van der Waals surface area contributed by atoms with Gasteiger partial charge in [0.25, 0.3) is 0 Å². The first kappa shape index (κ1) is 17.5. The maximum atomic E-state index is 11.8. The molecule has 1 heterocycles. The Hall–Kier alpha value is -1.86. The summed E-state index contributed by atoms with van der Waals surface area (Å²) >= 11 is 6.07. The van der Waals surface area contributed by atoms with Gasteiger partial charge in [-0.3, -0.25) is 4.72 Å². The lowest BCUT2D eigenvalue weighted by Crippen LogP contribution is -2.17. The zero-order chi connectivity index (χ0) is 16.9. The molecule has 0 aliphatic rings. The molecule has 0 bridgehead atoms. The Morgan fingerprint density at radius 1 is 1.13 bits per heavy atom. The van der Waals surface area contributed by atoms with Gasteiger partial charge in [-0.2, -0.15) is 0 Å². The molecule has 2 aromatic rings. The van der Waals surface area contributed by atoms with E-state index in [2.05, 4.69) is 20.2 Å². The second kappa shape index (κ2) is 7.61. The monoisotopic (exact) mass is 354 g/mol. The summed E-state index contributed by atoms with van der Waals surface area (Å²) in [6, 6.07) is 8.78. The number of hydrogen-bond donors (Lipinski definition) is 2. The van der Waals surface area contributed by atoms with Crippen LogP contribution in [0, 0.1) is 6.92 Å². The molecule has 8 heteroatoms. The number of sulfonamides is 1. The molecule has 0 fully saturated rings. The Kier molecular flexibility index (Phi) is 5.79. The SMILES string of the molecule is CCCCS(=O)(=O)Nc1ccc(Nc2ccc(C)c(Cl)c2)nn1. The molecule has 23 heavy (non-hydrogen) atoms. The van der Waals surface area contributed by atoms with Crippen LogP contribution in [-0.4, -0.2) is 24.4 Å². The van der Waals surface area contributed by atoms with Crippen LogP contribution in [0.15, 0.2) is 30.3 Å².